The van der Waals surface area contributed by atoms with E-state index in [4.69, 9.17) is 0 Å². The summed E-state index contributed by atoms with van der Waals surface area (Å²) in [5.74, 6) is -0.386. The number of phenolic OH excluding ortho intramolecular Hbond substituents is 1. The second-order valence-electron chi connectivity index (χ2n) is 4.47. The normalized spacial score (nSPS) is 10.5. The molecule has 3 aromatic rings. The van der Waals surface area contributed by atoms with Gasteiger partial charge >= 0.3 is 0 Å². The minimum Gasteiger partial charge on any atom is -0.507 e. The number of aromatic nitrogens is 1. The van der Waals surface area contributed by atoms with Gasteiger partial charge in [0, 0.05) is 15.2 Å². The van der Waals surface area contributed by atoms with Crippen LogP contribution in [0.25, 0.3) is 10.9 Å². The van der Waals surface area contributed by atoms with Crippen molar-refractivity contribution < 1.29 is 9.90 Å². The summed E-state index contributed by atoms with van der Waals surface area (Å²) in [5.41, 5.74) is 1.61. The van der Waals surface area contributed by atoms with Crippen LogP contribution < -0.4 is 5.32 Å². The lowest BCUT2D eigenvalue weighted by Crippen LogP contribution is -2.14. The van der Waals surface area contributed by atoms with Gasteiger partial charge in [0.15, 0.2) is 0 Å². The molecule has 0 radical (unpaired) electrons. The lowest BCUT2D eigenvalue weighted by molar-refractivity contribution is 0.102. The molecule has 0 aliphatic rings. The Morgan fingerprint density at radius 1 is 1.10 bits per heavy atom. The largest absolute Gasteiger partial charge is 0.507 e. The molecule has 104 valence electrons. The summed E-state index contributed by atoms with van der Waals surface area (Å²) < 4.78 is 0.693. The Balaban J connectivity index is 2.01. The molecule has 2 N–H and O–H groups in total. The van der Waals surface area contributed by atoms with E-state index in [9.17, 15) is 9.90 Å². The first-order chi connectivity index (χ1) is 10.2. The van der Waals surface area contributed by atoms with Gasteiger partial charge in [0.25, 0.3) is 5.91 Å². The Morgan fingerprint density at radius 3 is 2.67 bits per heavy atom. The van der Waals surface area contributed by atoms with Crippen LogP contribution in [-0.2, 0) is 0 Å². The van der Waals surface area contributed by atoms with Gasteiger partial charge in [0.2, 0.25) is 0 Å². The average molecular weight is 390 g/mol. The molecule has 0 bridgehead atoms. The van der Waals surface area contributed by atoms with Crippen LogP contribution in [0.5, 0.6) is 5.75 Å². The first-order valence-electron chi connectivity index (χ1n) is 6.29. The molecule has 0 saturated carbocycles. The van der Waals surface area contributed by atoms with Gasteiger partial charge in [-0.3, -0.25) is 9.78 Å². The molecule has 0 aliphatic carbocycles. The van der Waals surface area contributed by atoms with Crippen LogP contribution in [0, 0.1) is 3.57 Å². The van der Waals surface area contributed by atoms with Crippen LogP contribution >= 0.6 is 22.6 Å². The smallest absolute Gasteiger partial charge is 0.260 e. The minimum atomic E-state index is -0.351. The molecule has 1 heterocycles. The van der Waals surface area contributed by atoms with Gasteiger partial charge in [0.1, 0.15) is 5.75 Å². The van der Waals surface area contributed by atoms with Crippen molar-refractivity contribution in [3.63, 3.8) is 0 Å². The fourth-order valence-corrected chi connectivity index (χ4v) is 2.86. The van der Waals surface area contributed by atoms with Crippen molar-refractivity contribution in [2.45, 2.75) is 0 Å². The van der Waals surface area contributed by atoms with Crippen molar-refractivity contribution in [1.82, 2.24) is 4.98 Å². The number of nitrogens with zero attached hydrogens (tertiary/aromatic N) is 1. The Bertz CT molecular complexity index is 808. The van der Waals surface area contributed by atoms with E-state index >= 15 is 0 Å². The summed E-state index contributed by atoms with van der Waals surface area (Å²) >= 11 is 2.03. The first-order valence-corrected chi connectivity index (χ1v) is 7.37. The van der Waals surface area contributed by atoms with E-state index in [2.05, 4.69) is 10.3 Å². The number of halogens is 1. The van der Waals surface area contributed by atoms with Crippen molar-refractivity contribution >= 4 is 45.1 Å². The van der Waals surface area contributed by atoms with Crippen LogP contribution in [0.1, 0.15) is 10.4 Å². The van der Waals surface area contributed by atoms with Crippen molar-refractivity contribution in [2.75, 3.05) is 5.32 Å². The number of fused-ring (bicyclic) bond motifs is 1. The maximum atomic E-state index is 12.4. The number of hydrogen-bond donors (Lipinski definition) is 2. The number of pyridine rings is 1. The Morgan fingerprint density at radius 2 is 1.86 bits per heavy atom. The minimum absolute atomic E-state index is 0.0346. The molecule has 21 heavy (non-hydrogen) atoms. The van der Waals surface area contributed by atoms with Crippen LogP contribution in [-0.4, -0.2) is 16.0 Å². The molecule has 1 aromatic heterocycles. The lowest BCUT2D eigenvalue weighted by Gasteiger charge is -2.10. The summed E-state index contributed by atoms with van der Waals surface area (Å²) in [6.07, 6.45) is 1.68. The number of rotatable bonds is 2. The van der Waals surface area contributed by atoms with Crippen LogP contribution in [0.2, 0.25) is 0 Å². The van der Waals surface area contributed by atoms with E-state index in [0.717, 1.165) is 10.9 Å². The molecule has 0 fully saturated rings. The maximum Gasteiger partial charge on any atom is 0.260 e. The highest BCUT2D eigenvalue weighted by atomic mass is 127. The second kappa shape index (κ2) is 5.69. The number of benzene rings is 2. The van der Waals surface area contributed by atoms with Gasteiger partial charge in [-0.1, -0.05) is 24.3 Å². The molecule has 0 aliphatic heterocycles. The molecular formula is C16H11IN2O2. The fourth-order valence-electron chi connectivity index (χ4n) is 2.13. The molecule has 3 rings (SSSR count). The van der Waals surface area contributed by atoms with E-state index < -0.39 is 0 Å². The molecule has 2 aromatic carbocycles. The van der Waals surface area contributed by atoms with Gasteiger partial charge in [-0.25, -0.2) is 0 Å². The van der Waals surface area contributed by atoms with Crippen LogP contribution in [0.15, 0.2) is 54.7 Å². The van der Waals surface area contributed by atoms with Gasteiger partial charge in [-0.05, 0) is 46.9 Å². The zero-order chi connectivity index (χ0) is 14.8. The van der Waals surface area contributed by atoms with Gasteiger partial charge in [-0.15, -0.1) is 0 Å². The van der Waals surface area contributed by atoms with Gasteiger partial charge in [-0.2, -0.15) is 0 Å². The molecule has 4 nitrogen and oxygen atoms in total. The third kappa shape index (κ3) is 2.69. The number of nitrogens with one attached hydrogen (secondary N) is 1. The molecule has 0 saturated heterocycles. The third-order valence-electron chi connectivity index (χ3n) is 3.10. The highest BCUT2D eigenvalue weighted by Crippen LogP contribution is 2.26. The van der Waals surface area contributed by atoms with Gasteiger partial charge < -0.3 is 10.4 Å². The molecule has 0 spiro atoms. The SMILES string of the molecule is O=C(Nc1cccc2cccnc12)c1c(O)cccc1I. The highest BCUT2D eigenvalue weighted by molar-refractivity contribution is 14.1. The summed E-state index contributed by atoms with van der Waals surface area (Å²) in [6, 6.07) is 14.3. The fraction of sp³-hybridized carbons (Fsp3) is 0. The van der Waals surface area contributed by atoms with Gasteiger partial charge in [0.05, 0.1) is 16.8 Å². The van der Waals surface area contributed by atoms with E-state index in [1.54, 1.807) is 24.4 Å². The van der Waals surface area contributed by atoms with Crippen molar-refractivity contribution in [3.8, 4) is 5.75 Å². The number of carbonyl (C=O) groups excluding carboxylic acids is 1. The summed E-state index contributed by atoms with van der Waals surface area (Å²) in [4.78, 5) is 16.7. The number of para-hydroxylation sites is 1. The zero-order valence-electron chi connectivity index (χ0n) is 10.9. The number of amides is 1. The molecule has 0 unspecified atom stereocenters. The summed E-state index contributed by atoms with van der Waals surface area (Å²) in [7, 11) is 0. The molecule has 5 heteroatoms. The average Bonchev–Trinajstić information content (AvgIpc) is 2.47. The number of aromatic hydroxyl groups is 1. The number of hydrogen-bond acceptors (Lipinski definition) is 3. The molecule has 0 atom stereocenters. The summed E-state index contributed by atoms with van der Waals surface area (Å²) in [6.45, 7) is 0. The Labute approximate surface area is 135 Å². The number of anilines is 1. The zero-order valence-corrected chi connectivity index (χ0v) is 13.0. The van der Waals surface area contributed by atoms with Crippen molar-refractivity contribution in [2.24, 2.45) is 0 Å². The Kier molecular flexibility index (Phi) is 3.74. The number of carbonyl (C=O) groups is 1. The van der Waals surface area contributed by atoms with E-state index in [0.29, 0.717) is 9.26 Å². The maximum absolute atomic E-state index is 12.4. The van der Waals surface area contributed by atoms with E-state index in [1.165, 1.54) is 6.07 Å². The van der Waals surface area contributed by atoms with E-state index in [1.807, 2.05) is 46.9 Å². The number of phenols is 1. The monoisotopic (exact) mass is 390 g/mol. The lowest BCUT2D eigenvalue weighted by atomic mass is 10.1. The molecular weight excluding hydrogens is 379 g/mol. The first kappa shape index (κ1) is 13.8. The summed E-state index contributed by atoms with van der Waals surface area (Å²) in [5, 5.41) is 13.6. The van der Waals surface area contributed by atoms with Crippen molar-refractivity contribution in [1.29, 1.82) is 0 Å². The topological polar surface area (TPSA) is 62.2 Å². The quantitative estimate of drug-likeness (QED) is 0.655. The predicted octanol–water partition coefficient (Wildman–Crippen LogP) is 3.80. The van der Waals surface area contributed by atoms with E-state index in [-0.39, 0.29) is 17.2 Å². The second-order valence-corrected chi connectivity index (χ2v) is 5.63. The van der Waals surface area contributed by atoms with Crippen molar-refractivity contribution in [3.05, 3.63) is 63.9 Å². The van der Waals surface area contributed by atoms with Crippen LogP contribution in [0.3, 0.4) is 0 Å². The molecule has 1 amide bonds. The van der Waals surface area contributed by atoms with Crippen LogP contribution in [0.4, 0.5) is 5.69 Å². The predicted molar refractivity (Wildman–Crippen MR) is 90.5 cm³/mol. The Hall–Kier alpha value is -2.15. The highest BCUT2D eigenvalue weighted by Gasteiger charge is 2.16. The third-order valence-corrected chi connectivity index (χ3v) is 4.00. The standard InChI is InChI=1S/C16H11IN2O2/c17-11-6-2-8-13(20)14(11)16(21)19-12-7-1-4-10-5-3-9-18-15(10)12/h1-9,20H,(H,19,21).